The molecule has 1 aliphatic rings. The second kappa shape index (κ2) is 8.69. The normalized spacial score (nSPS) is 15.6. The van der Waals surface area contributed by atoms with Crippen molar-refractivity contribution < 1.29 is 24.2 Å². The molecule has 2 aromatic carbocycles. The van der Waals surface area contributed by atoms with Crippen molar-refractivity contribution in [2.75, 3.05) is 13.7 Å². The van der Waals surface area contributed by atoms with Crippen molar-refractivity contribution in [2.24, 2.45) is 0 Å². The van der Waals surface area contributed by atoms with E-state index in [1.807, 2.05) is 24.3 Å². The number of aliphatic carboxylic acids is 1. The van der Waals surface area contributed by atoms with Gasteiger partial charge in [0.15, 0.2) is 5.78 Å². The summed E-state index contributed by atoms with van der Waals surface area (Å²) in [7, 11) is 1.57. The predicted molar refractivity (Wildman–Crippen MR) is 103 cm³/mol. The van der Waals surface area contributed by atoms with Gasteiger partial charge >= 0.3 is 5.97 Å². The van der Waals surface area contributed by atoms with Gasteiger partial charge in [0.05, 0.1) is 13.0 Å². The summed E-state index contributed by atoms with van der Waals surface area (Å²) in [6, 6.07) is 14.2. The molecule has 0 radical (unpaired) electrons. The second-order valence-corrected chi connectivity index (χ2v) is 6.87. The molecule has 1 atom stereocenters. The van der Waals surface area contributed by atoms with E-state index < -0.39 is 11.9 Å². The first-order valence-corrected chi connectivity index (χ1v) is 9.25. The van der Waals surface area contributed by atoms with Gasteiger partial charge in [0.25, 0.3) is 0 Å². The minimum atomic E-state index is -0.931. The number of carbonyl (C=O) groups is 3. The van der Waals surface area contributed by atoms with E-state index in [0.717, 1.165) is 11.1 Å². The monoisotopic (exact) mass is 381 g/mol. The SMILES string of the molecule is COc1ccc(C(=O)CCCC(=O)N2Cc3ccccc3C(C(=O)O)C2)cc1. The molecule has 146 valence electrons. The molecule has 0 aromatic heterocycles. The zero-order valence-corrected chi connectivity index (χ0v) is 15.8. The quantitative estimate of drug-likeness (QED) is 0.744. The molecule has 28 heavy (non-hydrogen) atoms. The molecule has 0 spiro atoms. The Morgan fingerprint density at radius 2 is 1.79 bits per heavy atom. The fourth-order valence-corrected chi connectivity index (χ4v) is 3.49. The smallest absolute Gasteiger partial charge is 0.312 e. The Morgan fingerprint density at radius 1 is 1.07 bits per heavy atom. The highest BCUT2D eigenvalue weighted by molar-refractivity contribution is 5.96. The van der Waals surface area contributed by atoms with Crippen LogP contribution in [-0.2, 0) is 16.1 Å². The lowest BCUT2D eigenvalue weighted by Gasteiger charge is -2.33. The standard InChI is InChI=1S/C22H23NO5/c1-28-17-11-9-15(10-12-17)20(24)7-4-8-21(25)23-13-16-5-2-3-6-18(16)19(14-23)22(26)27/h2-3,5-6,9-12,19H,4,7-8,13-14H2,1H3,(H,26,27). The molecule has 3 rings (SSSR count). The summed E-state index contributed by atoms with van der Waals surface area (Å²) >= 11 is 0. The number of methoxy groups -OCH3 is 1. The molecule has 0 aliphatic carbocycles. The summed E-state index contributed by atoms with van der Waals surface area (Å²) in [5.41, 5.74) is 2.23. The summed E-state index contributed by atoms with van der Waals surface area (Å²) in [5, 5.41) is 9.51. The third-order valence-corrected chi connectivity index (χ3v) is 5.05. The number of fused-ring (bicyclic) bond motifs is 1. The molecule has 1 heterocycles. The van der Waals surface area contributed by atoms with Gasteiger partial charge in [0, 0.05) is 31.5 Å². The molecule has 1 aliphatic heterocycles. The zero-order valence-electron chi connectivity index (χ0n) is 15.8. The molecule has 6 heteroatoms. The minimum Gasteiger partial charge on any atom is -0.497 e. The second-order valence-electron chi connectivity index (χ2n) is 6.87. The number of amides is 1. The first-order chi connectivity index (χ1) is 13.5. The molecular weight excluding hydrogens is 358 g/mol. The highest BCUT2D eigenvalue weighted by atomic mass is 16.5. The van der Waals surface area contributed by atoms with Gasteiger partial charge in [-0.1, -0.05) is 24.3 Å². The molecule has 0 saturated heterocycles. The summed E-state index contributed by atoms with van der Waals surface area (Å²) in [5.74, 6) is -1.11. The Kier molecular flexibility index (Phi) is 6.09. The topological polar surface area (TPSA) is 83.9 Å². The average molecular weight is 381 g/mol. The van der Waals surface area contributed by atoms with Crippen LogP contribution in [0.3, 0.4) is 0 Å². The van der Waals surface area contributed by atoms with Gasteiger partial charge in [0.2, 0.25) is 5.91 Å². The molecule has 1 unspecified atom stereocenters. The Balaban J connectivity index is 1.56. The number of ketones is 1. The number of benzene rings is 2. The van der Waals surface area contributed by atoms with Crippen molar-refractivity contribution in [2.45, 2.75) is 31.7 Å². The molecular formula is C22H23NO5. The third-order valence-electron chi connectivity index (χ3n) is 5.05. The van der Waals surface area contributed by atoms with Crippen LogP contribution in [0.25, 0.3) is 0 Å². The number of hydrogen-bond acceptors (Lipinski definition) is 4. The van der Waals surface area contributed by atoms with E-state index in [0.29, 0.717) is 24.3 Å². The van der Waals surface area contributed by atoms with Gasteiger partial charge in [-0.05, 0) is 41.8 Å². The summed E-state index contributed by atoms with van der Waals surface area (Å²) < 4.78 is 5.08. The van der Waals surface area contributed by atoms with Gasteiger partial charge in [0.1, 0.15) is 5.75 Å². The molecule has 0 bridgehead atoms. The number of Topliss-reactive ketones (excluding diaryl/α,β-unsaturated/α-hetero) is 1. The number of rotatable bonds is 7. The maximum atomic E-state index is 12.6. The van der Waals surface area contributed by atoms with Crippen molar-refractivity contribution in [3.05, 3.63) is 65.2 Å². The number of carboxylic acid groups (broad SMARTS) is 1. The zero-order chi connectivity index (χ0) is 20.1. The van der Waals surface area contributed by atoms with Crippen LogP contribution in [0.4, 0.5) is 0 Å². The van der Waals surface area contributed by atoms with E-state index in [9.17, 15) is 19.5 Å². The molecule has 0 fully saturated rings. The Bertz CT molecular complexity index is 875. The van der Waals surface area contributed by atoms with Gasteiger partial charge in [-0.3, -0.25) is 14.4 Å². The molecule has 0 saturated carbocycles. The van der Waals surface area contributed by atoms with E-state index >= 15 is 0 Å². The predicted octanol–water partition coefficient (Wildman–Crippen LogP) is 3.26. The third kappa shape index (κ3) is 4.39. The summed E-state index contributed by atoms with van der Waals surface area (Å²) in [6.07, 6.45) is 0.917. The number of nitrogens with zero attached hydrogens (tertiary/aromatic N) is 1. The first-order valence-electron chi connectivity index (χ1n) is 9.25. The Morgan fingerprint density at radius 3 is 2.46 bits per heavy atom. The van der Waals surface area contributed by atoms with Gasteiger partial charge < -0.3 is 14.7 Å². The van der Waals surface area contributed by atoms with Crippen LogP contribution in [0.1, 0.15) is 46.7 Å². The lowest BCUT2D eigenvalue weighted by Crippen LogP contribution is -2.40. The van der Waals surface area contributed by atoms with E-state index in [2.05, 4.69) is 0 Å². The largest absolute Gasteiger partial charge is 0.497 e. The van der Waals surface area contributed by atoms with Gasteiger partial charge in [-0.2, -0.15) is 0 Å². The first kappa shape index (κ1) is 19.6. The minimum absolute atomic E-state index is 0.0251. The molecule has 1 N–H and O–H groups in total. The van der Waals surface area contributed by atoms with Gasteiger partial charge in [-0.15, -0.1) is 0 Å². The lowest BCUT2D eigenvalue weighted by molar-refractivity contribution is -0.141. The molecule has 6 nitrogen and oxygen atoms in total. The number of carbonyl (C=O) groups excluding carboxylic acids is 2. The molecule has 1 amide bonds. The van der Waals surface area contributed by atoms with Crippen LogP contribution in [-0.4, -0.2) is 41.3 Å². The summed E-state index contributed by atoms with van der Waals surface area (Å²) in [4.78, 5) is 38.0. The summed E-state index contributed by atoms with van der Waals surface area (Å²) in [6.45, 7) is 0.572. The highest BCUT2D eigenvalue weighted by Gasteiger charge is 2.32. The van der Waals surface area contributed by atoms with Crippen molar-refractivity contribution >= 4 is 17.7 Å². The van der Waals surface area contributed by atoms with Gasteiger partial charge in [-0.25, -0.2) is 0 Å². The Labute approximate surface area is 163 Å². The van der Waals surface area contributed by atoms with Crippen molar-refractivity contribution in [1.82, 2.24) is 4.90 Å². The number of hydrogen-bond donors (Lipinski definition) is 1. The highest BCUT2D eigenvalue weighted by Crippen LogP contribution is 2.29. The fraction of sp³-hybridized carbons (Fsp3) is 0.318. The van der Waals surface area contributed by atoms with E-state index in [1.165, 1.54) is 0 Å². The maximum absolute atomic E-state index is 12.6. The van der Waals surface area contributed by atoms with Crippen LogP contribution in [0.5, 0.6) is 5.75 Å². The van der Waals surface area contributed by atoms with E-state index in [1.54, 1.807) is 36.3 Å². The van der Waals surface area contributed by atoms with Crippen LogP contribution in [0.15, 0.2) is 48.5 Å². The van der Waals surface area contributed by atoms with Crippen molar-refractivity contribution in [3.8, 4) is 5.75 Å². The van der Waals surface area contributed by atoms with Crippen LogP contribution in [0.2, 0.25) is 0 Å². The van der Waals surface area contributed by atoms with Crippen molar-refractivity contribution in [3.63, 3.8) is 0 Å². The Hall–Kier alpha value is -3.15. The average Bonchev–Trinajstić information content (AvgIpc) is 2.72. The van der Waals surface area contributed by atoms with Crippen LogP contribution >= 0.6 is 0 Å². The molecule has 2 aromatic rings. The van der Waals surface area contributed by atoms with E-state index in [-0.39, 0.29) is 31.1 Å². The van der Waals surface area contributed by atoms with E-state index in [4.69, 9.17) is 4.74 Å². The maximum Gasteiger partial charge on any atom is 0.312 e. The fourth-order valence-electron chi connectivity index (χ4n) is 3.49. The number of carboxylic acids is 1. The lowest BCUT2D eigenvalue weighted by atomic mass is 9.89. The van der Waals surface area contributed by atoms with Crippen LogP contribution < -0.4 is 4.74 Å². The van der Waals surface area contributed by atoms with Crippen LogP contribution in [0, 0.1) is 0 Å². The number of ether oxygens (including phenoxy) is 1. The van der Waals surface area contributed by atoms with Crippen molar-refractivity contribution in [1.29, 1.82) is 0 Å².